The van der Waals surface area contributed by atoms with Gasteiger partial charge in [-0.1, -0.05) is 38.5 Å². The first kappa shape index (κ1) is 79.6. The molecule has 6 rings (SSSR count). The van der Waals surface area contributed by atoms with Crippen LogP contribution < -0.4 is 4.74 Å². The van der Waals surface area contributed by atoms with Crippen LogP contribution in [0.5, 0.6) is 5.75 Å². The molecular formula is C64H90O16S7. The number of unbranched alkanes of at least 4 members (excludes halogenated alkanes) is 8. The number of aryl methyl sites for hydroxylation is 14. The Morgan fingerprint density at radius 1 is 0.425 bits per heavy atom. The van der Waals surface area contributed by atoms with Crippen molar-refractivity contribution < 1.29 is 76.3 Å². The first-order valence-electron chi connectivity index (χ1n) is 28.6. The van der Waals surface area contributed by atoms with Gasteiger partial charge in [0.05, 0.1) is 37.6 Å². The second-order valence-electron chi connectivity index (χ2n) is 19.7. The van der Waals surface area contributed by atoms with Gasteiger partial charge in [-0.05, 0) is 192 Å². The summed E-state index contributed by atoms with van der Waals surface area (Å²) in [6, 6.07) is 10.7. The van der Waals surface area contributed by atoms with Crippen LogP contribution in [0, 0.1) is 83.1 Å². The van der Waals surface area contributed by atoms with Gasteiger partial charge in [0, 0.05) is 71.4 Å². The summed E-state index contributed by atoms with van der Waals surface area (Å²) < 4.78 is 28.1. The number of hydrogen-bond donors (Lipinski definition) is 1. The maximum Gasteiger partial charge on any atom is 0.330 e. The molecular weight excluding hydrogens is 1250 g/mol. The number of hydrogen-bond acceptors (Lipinski definition) is 22. The van der Waals surface area contributed by atoms with Crippen molar-refractivity contribution in [2.24, 2.45) is 0 Å². The minimum atomic E-state index is -0.789. The van der Waals surface area contributed by atoms with Crippen molar-refractivity contribution in [2.45, 2.75) is 192 Å². The van der Waals surface area contributed by atoms with E-state index in [2.05, 4.69) is 87.9 Å². The van der Waals surface area contributed by atoms with Crippen molar-refractivity contribution in [3.05, 3.63) is 122 Å². The number of rotatable bonds is 37. The molecule has 0 radical (unpaired) electrons. The standard InChI is InChI=1S/C15H24O2S.C13H20O2S.C12H16O4S.2C8H10O3S.C8H10O2S2/c1-13-11-15(14(2)18-13)9-7-5-3-4-6-8-10-17-12-16;1-11-9-13(12(2)16-11)7-5-3-4-6-8-15-10-14;1-8-10(3-4-12(14)15)11(9(2)17-8)5-6-16-7-13;1-6-3-8(7(2)12-6)11-5-10-4-9;1-6-3-8(7(2)12-6)4-10-11-5-9;1-6-3-8(7(2)12-6)4-11-10-5-9/h11-12H,3-10H2,1-2H3;9-10H,3-8H2,1-2H3;7H,3-6H2,1-2H3,(H,14,15);3-4H,5H2,1-2H3;2*3,5H,4H2,1-2H3. The highest BCUT2D eigenvalue weighted by molar-refractivity contribution is 7.94. The van der Waals surface area contributed by atoms with Gasteiger partial charge in [0.2, 0.25) is 6.79 Å². The highest BCUT2D eigenvalue weighted by Gasteiger charge is 2.14. The molecule has 6 heterocycles. The van der Waals surface area contributed by atoms with Crippen molar-refractivity contribution in [3.8, 4) is 5.75 Å². The summed E-state index contributed by atoms with van der Waals surface area (Å²) >= 11 is 11.8. The second-order valence-corrected chi connectivity index (χ2v) is 29.2. The number of ether oxygens (including phenoxy) is 5. The summed E-state index contributed by atoms with van der Waals surface area (Å²) in [5.41, 5.74) is 7.60. The van der Waals surface area contributed by atoms with Gasteiger partial charge in [0.1, 0.15) is 12.4 Å². The molecule has 1 N–H and O–H groups in total. The minimum absolute atomic E-state index is 0.0134. The van der Waals surface area contributed by atoms with E-state index in [-0.39, 0.29) is 19.7 Å². The lowest BCUT2D eigenvalue weighted by molar-refractivity contribution is -0.266. The van der Waals surface area contributed by atoms with Crippen LogP contribution >= 0.6 is 80.1 Å². The van der Waals surface area contributed by atoms with Crippen LogP contribution in [-0.2, 0) is 105 Å². The van der Waals surface area contributed by atoms with E-state index in [0.29, 0.717) is 71.6 Å². The quantitative estimate of drug-likeness (QED) is 0.00730. The maximum absolute atomic E-state index is 10.6. The molecule has 16 nitrogen and oxygen atoms in total. The summed E-state index contributed by atoms with van der Waals surface area (Å²) in [7, 11) is 0. The van der Waals surface area contributed by atoms with E-state index < -0.39 is 5.97 Å². The van der Waals surface area contributed by atoms with Crippen LogP contribution in [-0.4, -0.2) is 76.5 Å². The minimum Gasteiger partial charge on any atom is -0.481 e. The van der Waals surface area contributed by atoms with Gasteiger partial charge in [0.15, 0.2) is 0 Å². The zero-order valence-corrected chi connectivity index (χ0v) is 58.3. The number of thiophene rings is 6. The predicted octanol–water partition coefficient (Wildman–Crippen LogP) is 16.7. The number of carboxylic acids is 1. The zero-order valence-electron chi connectivity index (χ0n) is 52.6. The van der Waals surface area contributed by atoms with E-state index in [4.69, 9.17) is 14.6 Å². The summed E-state index contributed by atoms with van der Waals surface area (Å²) in [6.07, 6.45) is 15.7. The lowest BCUT2D eigenvalue weighted by Crippen LogP contribution is -2.03. The normalized spacial score (nSPS) is 10.1. The molecule has 0 amide bonds. The Balaban J connectivity index is 0.000000526. The lowest BCUT2D eigenvalue weighted by Gasteiger charge is -2.05. The van der Waals surface area contributed by atoms with E-state index in [1.807, 2.05) is 76.3 Å². The third-order valence-corrected chi connectivity index (χ3v) is 19.5. The molecule has 0 fully saturated rings. The fourth-order valence-electron chi connectivity index (χ4n) is 8.67. The molecule has 0 spiro atoms. The highest BCUT2D eigenvalue weighted by atomic mass is 32.2. The Kier molecular flexibility index (Phi) is 45.3. The summed E-state index contributed by atoms with van der Waals surface area (Å²) in [5.74, 6) is 0.747. The molecule has 484 valence electrons. The summed E-state index contributed by atoms with van der Waals surface area (Å²) in [6.45, 7) is 29.4. The predicted molar refractivity (Wildman–Crippen MR) is 355 cm³/mol. The third kappa shape index (κ3) is 37.3. The fraction of sp³-hybridized carbons (Fsp3) is 0.516. The van der Waals surface area contributed by atoms with Gasteiger partial charge < -0.3 is 37.9 Å². The van der Waals surface area contributed by atoms with Crippen molar-refractivity contribution in [1.29, 1.82) is 0 Å². The van der Waals surface area contributed by atoms with Crippen LogP contribution in [0.25, 0.3) is 0 Å². The summed E-state index contributed by atoms with van der Waals surface area (Å²) in [5, 5.41) is 8.71. The Bertz CT molecular complexity index is 2720. The molecule has 0 aliphatic carbocycles. The van der Waals surface area contributed by atoms with E-state index in [9.17, 15) is 33.6 Å². The van der Waals surface area contributed by atoms with Crippen LogP contribution in [0.15, 0.2) is 30.3 Å². The average molecular weight is 1340 g/mol. The zero-order chi connectivity index (χ0) is 64.8. The van der Waals surface area contributed by atoms with E-state index in [0.717, 1.165) is 57.2 Å². The van der Waals surface area contributed by atoms with Crippen LogP contribution in [0.2, 0.25) is 0 Å². The van der Waals surface area contributed by atoms with Crippen LogP contribution in [0.4, 0.5) is 0 Å². The SMILES string of the molecule is Cc1cc(CCCCCCCCOC=O)c(C)s1.Cc1cc(CCCCCCOC=O)c(C)s1.Cc1cc(COOC=O)c(C)s1.Cc1cc(CSOC=O)c(C)s1.Cc1cc(OCOC=O)c(C)s1.Cc1sc(C)c(CCC(=O)O)c1CCOC=O. The number of carbonyl (C=O) groups is 7. The highest BCUT2D eigenvalue weighted by Crippen LogP contribution is 2.31. The molecule has 6 aromatic heterocycles. The van der Waals surface area contributed by atoms with Crippen LogP contribution in [0.1, 0.15) is 163 Å². The van der Waals surface area contributed by atoms with E-state index in [1.165, 1.54) is 135 Å². The Hall–Kier alpha value is -5.40. The molecule has 23 heteroatoms. The van der Waals surface area contributed by atoms with Crippen LogP contribution in [0.3, 0.4) is 0 Å². The molecule has 0 atom stereocenters. The first-order valence-corrected chi connectivity index (χ1v) is 34.4. The molecule has 0 saturated heterocycles. The third-order valence-electron chi connectivity index (χ3n) is 12.8. The molecule has 0 aliphatic rings. The Morgan fingerprint density at radius 3 is 1.25 bits per heavy atom. The van der Waals surface area contributed by atoms with Crippen molar-refractivity contribution in [2.75, 3.05) is 26.6 Å². The van der Waals surface area contributed by atoms with Crippen molar-refractivity contribution in [1.82, 2.24) is 0 Å². The lowest BCUT2D eigenvalue weighted by atomic mass is 10.0. The van der Waals surface area contributed by atoms with Crippen molar-refractivity contribution in [3.63, 3.8) is 0 Å². The molecule has 0 bridgehead atoms. The Labute approximate surface area is 543 Å². The second kappa shape index (κ2) is 49.5. The van der Waals surface area contributed by atoms with Gasteiger partial charge in [0.25, 0.3) is 25.9 Å². The van der Waals surface area contributed by atoms with Gasteiger partial charge in [-0.2, -0.15) is 4.89 Å². The average Bonchev–Trinajstić information content (AvgIpc) is 4.41. The number of carboxylic acid groups (broad SMARTS) is 1. The molecule has 0 aliphatic heterocycles. The maximum atomic E-state index is 10.6. The topological polar surface area (TPSA) is 214 Å². The molecule has 0 aromatic carbocycles. The summed E-state index contributed by atoms with van der Waals surface area (Å²) in [4.78, 5) is 94.0. The molecule has 0 unspecified atom stereocenters. The monoisotopic (exact) mass is 1340 g/mol. The van der Waals surface area contributed by atoms with Gasteiger partial charge in [-0.25, -0.2) is 0 Å². The van der Waals surface area contributed by atoms with Gasteiger partial charge in [-0.15, -0.1) is 68.0 Å². The van der Waals surface area contributed by atoms with E-state index in [1.54, 1.807) is 45.3 Å². The molecule has 87 heavy (non-hydrogen) atoms. The smallest absolute Gasteiger partial charge is 0.330 e. The largest absolute Gasteiger partial charge is 0.481 e. The molecule has 6 aromatic rings. The van der Waals surface area contributed by atoms with Gasteiger partial charge in [-0.3, -0.25) is 33.6 Å². The number of carbonyl (C=O) groups excluding carboxylic acids is 6. The molecule has 0 saturated carbocycles. The fourth-order valence-corrected chi connectivity index (χ4v) is 15.2. The van der Waals surface area contributed by atoms with Crippen molar-refractivity contribution >= 4 is 125 Å². The number of aliphatic carboxylic acids is 1. The van der Waals surface area contributed by atoms with E-state index >= 15 is 0 Å². The van der Waals surface area contributed by atoms with Gasteiger partial charge >= 0.3 is 18.9 Å². The first-order chi connectivity index (χ1) is 41.7. The Morgan fingerprint density at radius 2 is 0.839 bits per heavy atom.